The zero-order valence-electron chi connectivity index (χ0n) is 17.7. The highest BCUT2D eigenvalue weighted by molar-refractivity contribution is 5.76. The molecule has 0 radical (unpaired) electrons. The minimum absolute atomic E-state index is 0.0491. The standard InChI is InChI=1S/C23H28N4O3/c1-4-27(5-2)21-11-6-17(14-24-21)15-25-22(28)12-13-23-26-16-20(30-23)18-7-9-19(29-3)10-8-18/h6-11,14,16H,4-5,12-13,15H2,1-3H3,(H,25,28). The Morgan fingerprint density at radius 2 is 1.83 bits per heavy atom. The smallest absolute Gasteiger partial charge is 0.220 e. The van der Waals surface area contributed by atoms with E-state index in [2.05, 4.69) is 34.0 Å². The number of nitrogens with zero attached hydrogens (tertiary/aromatic N) is 3. The van der Waals surface area contributed by atoms with Gasteiger partial charge in [-0.25, -0.2) is 9.97 Å². The van der Waals surface area contributed by atoms with E-state index >= 15 is 0 Å². The molecule has 2 heterocycles. The Morgan fingerprint density at radius 3 is 2.47 bits per heavy atom. The zero-order chi connectivity index (χ0) is 21.3. The van der Waals surface area contributed by atoms with E-state index in [1.807, 2.05) is 42.6 Å². The van der Waals surface area contributed by atoms with Crippen molar-refractivity contribution in [1.82, 2.24) is 15.3 Å². The second-order valence-electron chi connectivity index (χ2n) is 6.82. The molecule has 0 saturated carbocycles. The number of hydrogen-bond acceptors (Lipinski definition) is 6. The fraction of sp³-hybridized carbons (Fsp3) is 0.348. The molecule has 0 atom stereocenters. The molecule has 0 unspecified atom stereocenters. The molecule has 0 bridgehead atoms. The van der Waals surface area contributed by atoms with Crippen LogP contribution in [0.3, 0.4) is 0 Å². The van der Waals surface area contributed by atoms with Crippen LogP contribution in [0.5, 0.6) is 5.75 Å². The molecule has 0 spiro atoms. The molecular formula is C23H28N4O3. The summed E-state index contributed by atoms with van der Waals surface area (Å²) >= 11 is 0. The van der Waals surface area contributed by atoms with Crippen molar-refractivity contribution in [3.8, 4) is 17.1 Å². The van der Waals surface area contributed by atoms with Crippen LogP contribution in [0.15, 0.2) is 53.2 Å². The molecule has 1 aromatic carbocycles. The van der Waals surface area contributed by atoms with E-state index in [1.54, 1.807) is 13.3 Å². The monoisotopic (exact) mass is 408 g/mol. The molecule has 2 aromatic heterocycles. The minimum Gasteiger partial charge on any atom is -0.497 e. The Morgan fingerprint density at radius 1 is 1.07 bits per heavy atom. The Balaban J connectivity index is 1.46. The first-order valence-electron chi connectivity index (χ1n) is 10.2. The highest BCUT2D eigenvalue weighted by Crippen LogP contribution is 2.23. The molecule has 7 nitrogen and oxygen atoms in total. The number of aromatic nitrogens is 2. The van der Waals surface area contributed by atoms with Crippen molar-refractivity contribution in [2.75, 3.05) is 25.1 Å². The number of anilines is 1. The SMILES string of the molecule is CCN(CC)c1ccc(CNC(=O)CCc2ncc(-c3ccc(OC)cc3)o2)cn1. The van der Waals surface area contributed by atoms with Gasteiger partial charge in [0.2, 0.25) is 5.91 Å². The third-order valence-electron chi connectivity index (χ3n) is 4.88. The van der Waals surface area contributed by atoms with Gasteiger partial charge in [0, 0.05) is 44.2 Å². The highest BCUT2D eigenvalue weighted by Gasteiger charge is 2.10. The fourth-order valence-electron chi connectivity index (χ4n) is 3.08. The summed E-state index contributed by atoms with van der Waals surface area (Å²) in [5, 5.41) is 2.92. The number of nitrogens with one attached hydrogen (secondary N) is 1. The maximum atomic E-state index is 12.2. The Bertz CT molecular complexity index is 932. The van der Waals surface area contributed by atoms with Gasteiger partial charge in [0.1, 0.15) is 11.6 Å². The van der Waals surface area contributed by atoms with Crippen molar-refractivity contribution in [3.63, 3.8) is 0 Å². The van der Waals surface area contributed by atoms with Crippen LogP contribution in [0.2, 0.25) is 0 Å². The lowest BCUT2D eigenvalue weighted by Crippen LogP contribution is -2.24. The Hall–Kier alpha value is -3.35. The van der Waals surface area contributed by atoms with Gasteiger partial charge in [-0.05, 0) is 49.7 Å². The predicted molar refractivity (Wildman–Crippen MR) is 116 cm³/mol. The summed E-state index contributed by atoms with van der Waals surface area (Å²) in [6.45, 7) is 6.49. The maximum absolute atomic E-state index is 12.2. The lowest BCUT2D eigenvalue weighted by atomic mass is 10.2. The van der Waals surface area contributed by atoms with E-state index in [1.165, 1.54) is 0 Å². The largest absolute Gasteiger partial charge is 0.497 e. The summed E-state index contributed by atoms with van der Waals surface area (Å²) in [4.78, 5) is 23.1. The summed E-state index contributed by atoms with van der Waals surface area (Å²) in [7, 11) is 1.63. The first kappa shape index (κ1) is 21.4. The average Bonchev–Trinajstić information content (AvgIpc) is 3.27. The van der Waals surface area contributed by atoms with Crippen LogP contribution in [0.1, 0.15) is 31.7 Å². The lowest BCUT2D eigenvalue weighted by molar-refractivity contribution is -0.121. The van der Waals surface area contributed by atoms with Gasteiger partial charge in [-0.3, -0.25) is 4.79 Å². The number of rotatable bonds is 10. The van der Waals surface area contributed by atoms with Crippen LogP contribution in [-0.2, 0) is 17.8 Å². The third-order valence-corrected chi connectivity index (χ3v) is 4.88. The van der Waals surface area contributed by atoms with Crippen molar-refractivity contribution in [1.29, 1.82) is 0 Å². The van der Waals surface area contributed by atoms with Crippen molar-refractivity contribution in [3.05, 3.63) is 60.2 Å². The number of oxazole rings is 1. The zero-order valence-corrected chi connectivity index (χ0v) is 17.7. The van der Waals surface area contributed by atoms with Gasteiger partial charge in [-0.15, -0.1) is 0 Å². The van der Waals surface area contributed by atoms with Crippen molar-refractivity contribution >= 4 is 11.7 Å². The van der Waals surface area contributed by atoms with E-state index in [9.17, 15) is 4.79 Å². The number of ether oxygens (including phenoxy) is 1. The Kier molecular flexibility index (Phi) is 7.43. The van der Waals surface area contributed by atoms with Crippen LogP contribution in [0.25, 0.3) is 11.3 Å². The van der Waals surface area contributed by atoms with Gasteiger partial charge in [-0.1, -0.05) is 6.07 Å². The summed E-state index contributed by atoms with van der Waals surface area (Å²) in [6, 6.07) is 11.5. The summed E-state index contributed by atoms with van der Waals surface area (Å²) in [5.74, 6) is 2.90. The molecule has 3 rings (SSSR count). The van der Waals surface area contributed by atoms with Crippen molar-refractivity contribution in [2.24, 2.45) is 0 Å². The van der Waals surface area contributed by atoms with E-state index in [0.29, 0.717) is 31.0 Å². The molecule has 0 saturated heterocycles. The summed E-state index contributed by atoms with van der Waals surface area (Å²) in [6.07, 6.45) is 4.25. The quantitative estimate of drug-likeness (QED) is 0.549. The van der Waals surface area contributed by atoms with Gasteiger partial charge in [-0.2, -0.15) is 0 Å². The molecule has 1 N–H and O–H groups in total. The van der Waals surface area contributed by atoms with E-state index < -0.39 is 0 Å². The number of carbonyl (C=O) groups is 1. The molecule has 158 valence electrons. The van der Waals surface area contributed by atoms with Crippen LogP contribution in [0.4, 0.5) is 5.82 Å². The van der Waals surface area contributed by atoms with Gasteiger partial charge in [0.15, 0.2) is 11.7 Å². The molecule has 0 aliphatic rings. The number of benzene rings is 1. The van der Waals surface area contributed by atoms with E-state index in [-0.39, 0.29) is 5.91 Å². The van der Waals surface area contributed by atoms with Crippen LogP contribution in [-0.4, -0.2) is 36.1 Å². The molecule has 30 heavy (non-hydrogen) atoms. The molecule has 1 amide bonds. The number of methoxy groups -OCH3 is 1. The fourth-order valence-corrected chi connectivity index (χ4v) is 3.08. The van der Waals surface area contributed by atoms with Gasteiger partial charge in [0.05, 0.1) is 13.3 Å². The minimum atomic E-state index is -0.0491. The molecular weight excluding hydrogens is 380 g/mol. The number of amides is 1. The molecule has 0 aliphatic heterocycles. The number of aryl methyl sites for hydroxylation is 1. The highest BCUT2D eigenvalue weighted by atomic mass is 16.5. The van der Waals surface area contributed by atoms with Gasteiger partial charge in [0.25, 0.3) is 0 Å². The van der Waals surface area contributed by atoms with Crippen LogP contribution in [0, 0.1) is 0 Å². The van der Waals surface area contributed by atoms with Crippen LogP contribution < -0.4 is 15.0 Å². The first-order chi connectivity index (χ1) is 14.6. The van der Waals surface area contributed by atoms with Crippen LogP contribution >= 0.6 is 0 Å². The number of hydrogen-bond donors (Lipinski definition) is 1. The first-order valence-corrected chi connectivity index (χ1v) is 10.2. The van der Waals surface area contributed by atoms with Crippen molar-refractivity contribution in [2.45, 2.75) is 33.2 Å². The maximum Gasteiger partial charge on any atom is 0.220 e. The van der Waals surface area contributed by atoms with Crippen molar-refractivity contribution < 1.29 is 13.9 Å². The van der Waals surface area contributed by atoms with E-state index in [4.69, 9.17) is 9.15 Å². The summed E-state index contributed by atoms with van der Waals surface area (Å²) < 4.78 is 10.9. The molecule has 0 fully saturated rings. The molecule has 7 heteroatoms. The van der Waals surface area contributed by atoms with E-state index in [0.717, 1.165) is 35.8 Å². The number of pyridine rings is 1. The molecule has 3 aromatic rings. The second-order valence-corrected chi connectivity index (χ2v) is 6.82. The third kappa shape index (κ3) is 5.59. The Labute approximate surface area is 177 Å². The lowest BCUT2D eigenvalue weighted by Gasteiger charge is -2.19. The number of carbonyl (C=O) groups excluding carboxylic acids is 1. The van der Waals surface area contributed by atoms with Gasteiger partial charge >= 0.3 is 0 Å². The average molecular weight is 409 g/mol. The predicted octanol–water partition coefficient (Wildman–Crippen LogP) is 3.84. The molecule has 0 aliphatic carbocycles. The van der Waals surface area contributed by atoms with Gasteiger partial charge < -0.3 is 19.4 Å². The second kappa shape index (κ2) is 10.4. The normalized spacial score (nSPS) is 10.6. The topological polar surface area (TPSA) is 80.5 Å². The summed E-state index contributed by atoms with van der Waals surface area (Å²) in [5.41, 5.74) is 1.89.